The van der Waals surface area contributed by atoms with Gasteiger partial charge in [-0.15, -0.1) is 13.2 Å². The number of hydrogen-bond acceptors (Lipinski definition) is 3. The van der Waals surface area contributed by atoms with E-state index < -0.39 is 6.36 Å². The Kier molecular flexibility index (Phi) is 4.00. The van der Waals surface area contributed by atoms with Crippen molar-refractivity contribution in [3.63, 3.8) is 0 Å². The van der Waals surface area contributed by atoms with Crippen LogP contribution in [0.2, 0.25) is 0 Å². The smallest absolute Gasteiger partial charge is 0.405 e. The molecule has 23 heavy (non-hydrogen) atoms. The van der Waals surface area contributed by atoms with Crippen LogP contribution < -0.4 is 10.3 Å². The Balaban J connectivity index is 2.12. The molecule has 3 aromatic rings. The van der Waals surface area contributed by atoms with Gasteiger partial charge in [0.05, 0.1) is 14.5 Å². The van der Waals surface area contributed by atoms with E-state index in [2.05, 4.69) is 14.7 Å². The lowest BCUT2D eigenvalue weighted by molar-refractivity contribution is -0.274. The van der Waals surface area contributed by atoms with Gasteiger partial charge in [-0.1, -0.05) is 12.1 Å². The van der Waals surface area contributed by atoms with E-state index in [-0.39, 0.29) is 17.1 Å². The van der Waals surface area contributed by atoms with Crippen molar-refractivity contribution < 1.29 is 17.9 Å². The molecule has 118 valence electrons. The quantitative estimate of drug-likeness (QED) is 0.621. The molecule has 0 aliphatic rings. The van der Waals surface area contributed by atoms with Gasteiger partial charge < -0.3 is 9.72 Å². The fraction of sp³-hybridized carbons (Fsp3) is 0.0667. The second kappa shape index (κ2) is 5.84. The van der Waals surface area contributed by atoms with Crippen molar-refractivity contribution >= 4 is 33.5 Å². The molecule has 8 heteroatoms. The van der Waals surface area contributed by atoms with Gasteiger partial charge in [0.15, 0.2) is 0 Å². The van der Waals surface area contributed by atoms with Crippen molar-refractivity contribution in [3.05, 3.63) is 56.4 Å². The SMILES string of the molecule is O=c1[nH]c(-c2ccc(I)c(OC(F)(F)F)c2)nc2ccccc12. The molecule has 4 nitrogen and oxygen atoms in total. The first-order valence-electron chi connectivity index (χ1n) is 6.38. The molecule has 0 bridgehead atoms. The number of aromatic amines is 1. The highest BCUT2D eigenvalue weighted by molar-refractivity contribution is 14.1. The Hall–Kier alpha value is -2.10. The average Bonchev–Trinajstić information content (AvgIpc) is 2.48. The lowest BCUT2D eigenvalue weighted by Gasteiger charge is -2.12. The van der Waals surface area contributed by atoms with Crippen molar-refractivity contribution in [2.24, 2.45) is 0 Å². The Bertz CT molecular complexity index is 938. The number of fused-ring (bicyclic) bond motifs is 1. The zero-order valence-corrected chi connectivity index (χ0v) is 13.5. The van der Waals surface area contributed by atoms with Gasteiger partial charge in [-0.05, 0) is 52.9 Å². The van der Waals surface area contributed by atoms with Crippen LogP contribution in [0.25, 0.3) is 22.3 Å². The summed E-state index contributed by atoms with van der Waals surface area (Å²) in [6, 6.07) is 10.9. The predicted octanol–water partition coefficient (Wildman–Crippen LogP) is 4.09. The topological polar surface area (TPSA) is 55.0 Å². The molecule has 3 rings (SSSR count). The van der Waals surface area contributed by atoms with E-state index in [9.17, 15) is 18.0 Å². The highest BCUT2D eigenvalue weighted by Crippen LogP contribution is 2.31. The van der Waals surface area contributed by atoms with Crippen LogP contribution in [0.3, 0.4) is 0 Å². The first-order valence-corrected chi connectivity index (χ1v) is 7.46. The molecule has 1 aromatic heterocycles. The number of nitrogens with zero attached hydrogens (tertiary/aromatic N) is 1. The average molecular weight is 432 g/mol. The van der Waals surface area contributed by atoms with Crippen molar-refractivity contribution in [1.82, 2.24) is 9.97 Å². The van der Waals surface area contributed by atoms with Crippen LogP contribution in [0.5, 0.6) is 5.75 Å². The molecule has 1 heterocycles. The van der Waals surface area contributed by atoms with Crippen molar-refractivity contribution in [1.29, 1.82) is 0 Å². The van der Waals surface area contributed by atoms with Crippen LogP contribution in [-0.2, 0) is 0 Å². The maximum absolute atomic E-state index is 12.4. The van der Waals surface area contributed by atoms with Crippen LogP contribution in [0.4, 0.5) is 13.2 Å². The maximum atomic E-state index is 12.4. The largest absolute Gasteiger partial charge is 0.573 e. The summed E-state index contributed by atoms with van der Waals surface area (Å²) >= 11 is 1.74. The third kappa shape index (κ3) is 3.46. The second-order valence-electron chi connectivity index (χ2n) is 4.62. The van der Waals surface area contributed by atoms with E-state index in [1.807, 2.05) is 0 Å². The highest BCUT2D eigenvalue weighted by atomic mass is 127. The molecule has 0 aliphatic carbocycles. The number of H-pyrrole nitrogens is 1. The minimum absolute atomic E-state index is 0.178. The summed E-state index contributed by atoms with van der Waals surface area (Å²) in [7, 11) is 0. The molecule has 0 saturated carbocycles. The maximum Gasteiger partial charge on any atom is 0.573 e. The molecule has 2 aromatic carbocycles. The van der Waals surface area contributed by atoms with Crippen molar-refractivity contribution in [2.75, 3.05) is 0 Å². The number of rotatable bonds is 2. The van der Waals surface area contributed by atoms with Gasteiger partial charge in [0.25, 0.3) is 5.56 Å². The summed E-state index contributed by atoms with van der Waals surface area (Å²) in [5.74, 6) is -0.163. The Labute approximate surface area is 141 Å². The Morgan fingerprint density at radius 3 is 2.61 bits per heavy atom. The van der Waals surface area contributed by atoms with Crippen LogP contribution in [-0.4, -0.2) is 16.3 Å². The normalized spacial score (nSPS) is 11.7. The standard InChI is InChI=1S/C15H8F3IN2O2/c16-15(17,18)23-12-7-8(5-6-10(12)19)13-20-11-4-2-1-3-9(11)14(22)21-13/h1-7H,(H,20,21,22). The molecule has 0 amide bonds. The van der Waals surface area contributed by atoms with Gasteiger partial charge >= 0.3 is 6.36 Å². The van der Waals surface area contributed by atoms with Gasteiger partial charge in [0, 0.05) is 5.56 Å². The summed E-state index contributed by atoms with van der Waals surface area (Å²) in [6.07, 6.45) is -4.79. The monoisotopic (exact) mass is 432 g/mol. The fourth-order valence-electron chi connectivity index (χ4n) is 2.08. The summed E-state index contributed by atoms with van der Waals surface area (Å²) in [5, 5.41) is 0.411. The number of ether oxygens (including phenoxy) is 1. The minimum atomic E-state index is -4.79. The number of aromatic nitrogens is 2. The van der Waals surface area contributed by atoms with Crippen LogP contribution in [0.15, 0.2) is 47.3 Å². The molecule has 0 unspecified atom stereocenters. The highest BCUT2D eigenvalue weighted by Gasteiger charge is 2.32. The molecule has 0 aliphatic heterocycles. The van der Waals surface area contributed by atoms with Crippen molar-refractivity contribution in [3.8, 4) is 17.1 Å². The lowest BCUT2D eigenvalue weighted by atomic mass is 10.2. The third-order valence-corrected chi connectivity index (χ3v) is 3.93. The molecule has 0 atom stereocenters. The molecule has 0 fully saturated rings. The Morgan fingerprint density at radius 1 is 1.13 bits per heavy atom. The number of alkyl halides is 3. The third-order valence-electron chi connectivity index (χ3n) is 3.04. The van der Waals surface area contributed by atoms with Gasteiger partial charge in [-0.2, -0.15) is 0 Å². The number of benzene rings is 2. The van der Waals surface area contributed by atoms with E-state index >= 15 is 0 Å². The van der Waals surface area contributed by atoms with Gasteiger partial charge in [0.2, 0.25) is 0 Å². The molecule has 1 N–H and O–H groups in total. The fourth-order valence-corrected chi connectivity index (χ4v) is 2.52. The first kappa shape index (κ1) is 15.8. The van der Waals surface area contributed by atoms with Crippen LogP contribution >= 0.6 is 22.6 Å². The van der Waals surface area contributed by atoms with Gasteiger partial charge in [-0.3, -0.25) is 4.79 Å². The summed E-state index contributed by atoms with van der Waals surface area (Å²) in [6.45, 7) is 0. The van der Waals surface area contributed by atoms with Crippen LogP contribution in [0.1, 0.15) is 0 Å². The second-order valence-corrected chi connectivity index (χ2v) is 5.79. The number of halogens is 4. The predicted molar refractivity (Wildman–Crippen MR) is 87.2 cm³/mol. The number of para-hydroxylation sites is 1. The summed E-state index contributed by atoms with van der Waals surface area (Å²) in [5.41, 5.74) is 0.429. The van der Waals surface area contributed by atoms with Gasteiger partial charge in [-0.25, -0.2) is 4.98 Å². The van der Waals surface area contributed by atoms with E-state index in [1.165, 1.54) is 12.1 Å². The lowest BCUT2D eigenvalue weighted by Crippen LogP contribution is -2.18. The number of hydrogen-bond donors (Lipinski definition) is 1. The zero-order valence-electron chi connectivity index (χ0n) is 11.3. The van der Waals surface area contributed by atoms with E-state index in [0.29, 0.717) is 20.0 Å². The van der Waals surface area contributed by atoms with Gasteiger partial charge in [0.1, 0.15) is 11.6 Å². The van der Waals surface area contributed by atoms with Crippen molar-refractivity contribution in [2.45, 2.75) is 6.36 Å². The molecular weight excluding hydrogens is 424 g/mol. The number of nitrogens with one attached hydrogen (secondary N) is 1. The van der Waals surface area contributed by atoms with Crippen LogP contribution in [0, 0.1) is 3.57 Å². The van der Waals surface area contributed by atoms with E-state index in [0.717, 1.165) is 0 Å². The Morgan fingerprint density at radius 2 is 1.87 bits per heavy atom. The zero-order chi connectivity index (χ0) is 16.6. The summed E-state index contributed by atoms with van der Waals surface area (Å²) < 4.78 is 41.6. The molecule has 0 radical (unpaired) electrons. The van der Waals surface area contributed by atoms with E-state index in [4.69, 9.17) is 0 Å². The molecule has 0 spiro atoms. The minimum Gasteiger partial charge on any atom is -0.405 e. The molecule has 0 saturated heterocycles. The summed E-state index contributed by atoms with van der Waals surface area (Å²) in [4.78, 5) is 18.9. The molecular formula is C15H8F3IN2O2. The van der Waals surface area contributed by atoms with E-state index in [1.54, 1.807) is 52.9 Å². The first-order chi connectivity index (χ1) is 10.8.